The first-order valence-electron chi connectivity index (χ1n) is 3.81. The van der Waals surface area contributed by atoms with Crippen molar-refractivity contribution in [2.45, 2.75) is 0 Å². The number of aromatic nitrogens is 1. The molecule has 0 fully saturated rings. The van der Waals surface area contributed by atoms with Gasteiger partial charge in [0.25, 0.3) is 5.91 Å². The summed E-state index contributed by atoms with van der Waals surface area (Å²) in [7, 11) is 0. The fraction of sp³-hybridized carbons (Fsp3) is 0. The summed E-state index contributed by atoms with van der Waals surface area (Å²) in [6.45, 7) is 0. The molecule has 0 unspecified atom stereocenters. The monoisotopic (exact) mass is 175 g/mol. The van der Waals surface area contributed by atoms with Crippen molar-refractivity contribution >= 4 is 16.8 Å². The van der Waals surface area contributed by atoms with Crippen molar-refractivity contribution in [3.63, 3.8) is 0 Å². The van der Waals surface area contributed by atoms with Crippen molar-refractivity contribution in [3.05, 3.63) is 41.2 Å². The number of para-hydroxylation sites is 1. The SMILES string of the molecule is O=C(N[O-])c1cc2ccccc2[nH]1. The van der Waals surface area contributed by atoms with E-state index in [2.05, 4.69) is 4.98 Å². The maximum Gasteiger partial charge on any atom is 0.257 e. The van der Waals surface area contributed by atoms with E-state index in [1.54, 1.807) is 6.07 Å². The third-order valence-electron chi connectivity index (χ3n) is 1.87. The fourth-order valence-corrected chi connectivity index (χ4v) is 1.25. The van der Waals surface area contributed by atoms with E-state index in [4.69, 9.17) is 0 Å². The van der Waals surface area contributed by atoms with Gasteiger partial charge >= 0.3 is 0 Å². The molecule has 2 rings (SSSR count). The molecule has 0 saturated carbocycles. The minimum atomic E-state index is -0.642. The van der Waals surface area contributed by atoms with Crippen molar-refractivity contribution in [3.8, 4) is 0 Å². The van der Waals surface area contributed by atoms with Gasteiger partial charge in [-0.1, -0.05) is 18.2 Å². The van der Waals surface area contributed by atoms with Crippen LogP contribution in [0.5, 0.6) is 0 Å². The van der Waals surface area contributed by atoms with Crippen LogP contribution < -0.4 is 5.48 Å². The summed E-state index contributed by atoms with van der Waals surface area (Å²) in [5.74, 6) is -0.642. The van der Waals surface area contributed by atoms with Gasteiger partial charge in [0.2, 0.25) is 0 Å². The predicted molar refractivity (Wildman–Crippen MR) is 49.1 cm³/mol. The summed E-state index contributed by atoms with van der Waals surface area (Å²) in [6, 6.07) is 9.08. The molecular formula is C9H7N2O2-. The van der Waals surface area contributed by atoms with E-state index in [1.807, 2.05) is 24.3 Å². The molecule has 0 aliphatic heterocycles. The third-order valence-corrected chi connectivity index (χ3v) is 1.87. The average molecular weight is 175 g/mol. The molecule has 1 aromatic heterocycles. The Kier molecular flexibility index (Phi) is 1.75. The molecule has 66 valence electrons. The van der Waals surface area contributed by atoms with Gasteiger partial charge in [0, 0.05) is 10.9 Å². The molecular weight excluding hydrogens is 168 g/mol. The van der Waals surface area contributed by atoms with Crippen molar-refractivity contribution in [1.82, 2.24) is 10.5 Å². The zero-order chi connectivity index (χ0) is 9.26. The number of carbonyl (C=O) groups excluding carboxylic acids is 1. The maximum absolute atomic E-state index is 10.9. The van der Waals surface area contributed by atoms with E-state index in [1.165, 1.54) is 5.48 Å². The van der Waals surface area contributed by atoms with Gasteiger partial charge in [0.1, 0.15) is 5.69 Å². The van der Waals surface area contributed by atoms with Crippen LogP contribution >= 0.6 is 0 Å². The lowest BCUT2D eigenvalue weighted by atomic mass is 10.2. The average Bonchev–Trinajstić information content (AvgIpc) is 2.59. The second-order valence-corrected chi connectivity index (χ2v) is 2.70. The van der Waals surface area contributed by atoms with Crippen LogP contribution in [0.25, 0.3) is 10.9 Å². The van der Waals surface area contributed by atoms with Crippen LogP contribution in [-0.4, -0.2) is 10.9 Å². The van der Waals surface area contributed by atoms with Crippen molar-refractivity contribution in [2.24, 2.45) is 0 Å². The van der Waals surface area contributed by atoms with Crippen LogP contribution in [0.3, 0.4) is 0 Å². The summed E-state index contributed by atoms with van der Waals surface area (Å²) in [6.07, 6.45) is 0. The molecule has 13 heavy (non-hydrogen) atoms. The van der Waals surface area contributed by atoms with Gasteiger partial charge in [-0.3, -0.25) is 4.79 Å². The summed E-state index contributed by atoms with van der Waals surface area (Å²) in [5.41, 5.74) is 2.46. The van der Waals surface area contributed by atoms with E-state index in [0.717, 1.165) is 10.9 Å². The molecule has 0 spiro atoms. The highest BCUT2D eigenvalue weighted by molar-refractivity contribution is 5.98. The Balaban J connectivity index is 2.56. The minimum absolute atomic E-state index is 0.288. The molecule has 4 nitrogen and oxygen atoms in total. The first-order chi connectivity index (χ1) is 6.31. The summed E-state index contributed by atoms with van der Waals surface area (Å²) in [4.78, 5) is 13.8. The molecule has 2 N–H and O–H groups in total. The number of nitrogens with one attached hydrogen (secondary N) is 2. The quantitative estimate of drug-likeness (QED) is 0.643. The predicted octanol–water partition coefficient (Wildman–Crippen LogP) is 1.40. The van der Waals surface area contributed by atoms with Gasteiger partial charge in [-0.25, -0.2) is 0 Å². The molecule has 0 aliphatic carbocycles. The van der Waals surface area contributed by atoms with E-state index >= 15 is 0 Å². The van der Waals surface area contributed by atoms with Gasteiger partial charge in [0.15, 0.2) is 0 Å². The molecule has 0 atom stereocenters. The first kappa shape index (κ1) is 7.82. The smallest absolute Gasteiger partial charge is 0.257 e. The number of hydroxylamine groups is 1. The van der Waals surface area contributed by atoms with Crippen LogP contribution in [0, 0.1) is 5.21 Å². The summed E-state index contributed by atoms with van der Waals surface area (Å²) in [5, 5.41) is 11.0. The van der Waals surface area contributed by atoms with E-state index in [-0.39, 0.29) is 5.69 Å². The largest absolute Gasteiger partial charge is 0.759 e. The second kappa shape index (κ2) is 2.91. The number of benzene rings is 1. The summed E-state index contributed by atoms with van der Waals surface area (Å²) >= 11 is 0. The third kappa shape index (κ3) is 1.27. The van der Waals surface area contributed by atoms with Crippen molar-refractivity contribution in [1.29, 1.82) is 0 Å². The van der Waals surface area contributed by atoms with Gasteiger partial charge in [-0.15, -0.1) is 0 Å². The number of H-pyrrole nitrogens is 1. The van der Waals surface area contributed by atoms with Crippen LogP contribution in [0.2, 0.25) is 0 Å². The van der Waals surface area contributed by atoms with Gasteiger partial charge in [-0.05, 0) is 12.1 Å². The minimum Gasteiger partial charge on any atom is -0.759 e. The normalized spacial score (nSPS) is 10.2. The zero-order valence-corrected chi connectivity index (χ0v) is 6.70. The number of hydrogen-bond donors (Lipinski definition) is 2. The molecule has 1 heterocycles. The fourth-order valence-electron chi connectivity index (χ4n) is 1.25. The van der Waals surface area contributed by atoms with Crippen molar-refractivity contribution in [2.75, 3.05) is 0 Å². The molecule has 0 bridgehead atoms. The van der Waals surface area contributed by atoms with Gasteiger partial charge in [-0.2, -0.15) is 0 Å². The van der Waals surface area contributed by atoms with Crippen LogP contribution in [0.1, 0.15) is 10.5 Å². The highest BCUT2D eigenvalue weighted by Crippen LogP contribution is 2.14. The molecule has 2 aromatic rings. The Labute approximate surface area is 74.1 Å². The Hall–Kier alpha value is -1.81. The van der Waals surface area contributed by atoms with Crippen LogP contribution in [0.15, 0.2) is 30.3 Å². The van der Waals surface area contributed by atoms with Crippen molar-refractivity contribution < 1.29 is 4.79 Å². The standard InChI is InChI=1S/C9H7N2O2/c12-9(11-13)8-5-6-3-1-2-4-7(6)10-8/h1-5H,(H2-,10,11,12,13)/q-1. The topological polar surface area (TPSA) is 67.9 Å². The lowest BCUT2D eigenvalue weighted by molar-refractivity contribution is 0.0966. The molecule has 0 aliphatic rings. The maximum atomic E-state index is 10.9. The van der Waals surface area contributed by atoms with E-state index in [9.17, 15) is 10.0 Å². The summed E-state index contributed by atoms with van der Waals surface area (Å²) < 4.78 is 0. The lowest BCUT2D eigenvalue weighted by Crippen LogP contribution is -2.15. The Morgan fingerprint density at radius 1 is 1.38 bits per heavy atom. The lowest BCUT2D eigenvalue weighted by Gasteiger charge is -2.03. The molecule has 0 saturated heterocycles. The molecule has 1 amide bonds. The van der Waals surface area contributed by atoms with E-state index in [0.29, 0.717) is 0 Å². The first-order valence-corrected chi connectivity index (χ1v) is 3.81. The number of amides is 1. The number of hydrogen-bond acceptors (Lipinski definition) is 2. The number of rotatable bonds is 1. The van der Waals surface area contributed by atoms with E-state index < -0.39 is 5.91 Å². The molecule has 1 aromatic carbocycles. The Bertz CT molecular complexity index is 415. The van der Waals surface area contributed by atoms with Gasteiger partial charge < -0.3 is 15.7 Å². The molecule has 0 radical (unpaired) electrons. The van der Waals surface area contributed by atoms with Gasteiger partial charge in [0.05, 0.1) is 0 Å². The number of carbonyl (C=O) groups is 1. The zero-order valence-electron chi connectivity index (χ0n) is 6.70. The second-order valence-electron chi connectivity index (χ2n) is 2.70. The number of fused-ring (bicyclic) bond motifs is 1. The Morgan fingerprint density at radius 2 is 2.15 bits per heavy atom. The Morgan fingerprint density at radius 3 is 2.85 bits per heavy atom. The highest BCUT2D eigenvalue weighted by atomic mass is 16.5. The molecule has 4 heteroatoms. The van der Waals surface area contributed by atoms with Crippen LogP contribution in [0.4, 0.5) is 0 Å². The highest BCUT2D eigenvalue weighted by Gasteiger charge is 2.04. The number of aromatic amines is 1. The van der Waals surface area contributed by atoms with Crippen LogP contribution in [-0.2, 0) is 0 Å².